The number of nitrogens with one attached hydrogen (secondary N) is 2. The van der Waals surface area contributed by atoms with Crippen molar-refractivity contribution in [3.05, 3.63) is 136 Å². The van der Waals surface area contributed by atoms with Gasteiger partial charge in [0.2, 0.25) is 5.91 Å². The Labute approximate surface area is 344 Å². The van der Waals surface area contributed by atoms with Gasteiger partial charge in [-0.15, -0.1) is 0 Å². The number of hydrogen-bond donors (Lipinski definition) is 3. The molecule has 1 atom stereocenters. The lowest BCUT2D eigenvalue weighted by atomic mass is 9.93. The molecule has 1 amide bonds. The predicted molar refractivity (Wildman–Crippen MR) is 230 cm³/mol. The minimum absolute atomic E-state index is 0.0940. The normalized spacial score (nSPS) is 16.1. The number of aromatic nitrogens is 2. The van der Waals surface area contributed by atoms with Crippen molar-refractivity contribution in [3.63, 3.8) is 0 Å². The van der Waals surface area contributed by atoms with Crippen LogP contribution < -0.4 is 15.4 Å². The minimum atomic E-state index is 0.0940. The number of amides is 1. The molecule has 1 saturated heterocycles. The van der Waals surface area contributed by atoms with Crippen molar-refractivity contribution < 1.29 is 14.6 Å². The van der Waals surface area contributed by atoms with Crippen molar-refractivity contribution in [2.24, 2.45) is 0 Å². The average Bonchev–Trinajstić information content (AvgIpc) is 3.85. The molecule has 10 heteroatoms. The maximum Gasteiger partial charge on any atom is 0.220 e. The number of halogens is 2. The van der Waals surface area contributed by atoms with Gasteiger partial charge in [-0.2, -0.15) is 5.10 Å². The van der Waals surface area contributed by atoms with E-state index in [9.17, 15) is 9.90 Å². The molecule has 1 unspecified atom stereocenters. The highest BCUT2D eigenvalue weighted by molar-refractivity contribution is 6.36. The van der Waals surface area contributed by atoms with Crippen LogP contribution in [-0.4, -0.2) is 51.4 Å². The number of benzene rings is 5. The summed E-state index contributed by atoms with van der Waals surface area (Å²) in [6.45, 7) is 3.28. The van der Waals surface area contributed by atoms with Gasteiger partial charge in [-0.3, -0.25) is 14.4 Å². The Balaban J connectivity index is 1.01. The van der Waals surface area contributed by atoms with Gasteiger partial charge in [0, 0.05) is 77.3 Å². The van der Waals surface area contributed by atoms with Gasteiger partial charge in [-0.25, -0.2) is 0 Å². The molecule has 8 rings (SSSR count). The lowest BCUT2D eigenvalue weighted by molar-refractivity contribution is -0.119. The van der Waals surface area contributed by atoms with Crippen LogP contribution in [-0.2, 0) is 31.0 Å². The molecule has 6 aromatic rings. The molecule has 3 N–H and O–H groups in total. The van der Waals surface area contributed by atoms with E-state index < -0.39 is 0 Å². The van der Waals surface area contributed by atoms with Crippen LogP contribution in [0.1, 0.15) is 67.2 Å². The highest BCUT2D eigenvalue weighted by Gasteiger charge is 2.24. The zero-order chi connectivity index (χ0) is 39.3. The van der Waals surface area contributed by atoms with Crippen molar-refractivity contribution in [1.29, 1.82) is 0 Å². The molecule has 1 saturated carbocycles. The van der Waals surface area contributed by atoms with E-state index >= 15 is 0 Å². The number of aromatic hydroxyl groups is 1. The van der Waals surface area contributed by atoms with Gasteiger partial charge in [-0.05, 0) is 65.8 Å². The zero-order valence-electron chi connectivity index (χ0n) is 32.3. The molecule has 0 radical (unpaired) electrons. The number of methoxy groups -OCH3 is 1. The Hall–Kier alpha value is -4.86. The first-order chi connectivity index (χ1) is 27.8. The zero-order valence-corrected chi connectivity index (χ0v) is 33.8. The Kier molecular flexibility index (Phi) is 12.1. The Bertz CT molecular complexity index is 2360. The number of nitrogens with zero attached hydrogens (tertiary/aromatic N) is 3. The fraction of sp³-hybridized carbons (Fsp3) is 0.319. The molecule has 0 spiro atoms. The van der Waals surface area contributed by atoms with Crippen molar-refractivity contribution in [3.8, 4) is 33.8 Å². The van der Waals surface area contributed by atoms with Crippen LogP contribution in [0.15, 0.2) is 103 Å². The third-order valence-corrected chi connectivity index (χ3v) is 12.4. The molecule has 2 heterocycles. The van der Waals surface area contributed by atoms with E-state index in [1.54, 1.807) is 13.2 Å². The average molecular weight is 803 g/mol. The first-order valence-electron chi connectivity index (χ1n) is 20.0. The molecular formula is C47H49Cl2N5O3. The van der Waals surface area contributed by atoms with E-state index in [1.807, 2.05) is 47.3 Å². The second kappa shape index (κ2) is 17.7. The minimum Gasteiger partial charge on any atom is -0.508 e. The number of carbonyl (C=O) groups is 1. The number of phenolic OH excluding ortho intramolecular Hbond substituents is 1. The fourth-order valence-corrected chi connectivity index (χ4v) is 9.13. The lowest BCUT2D eigenvalue weighted by Gasteiger charge is -2.35. The summed E-state index contributed by atoms with van der Waals surface area (Å²) in [4.78, 5) is 14.1. The summed E-state index contributed by atoms with van der Waals surface area (Å²) in [5, 5.41) is 24.4. The lowest BCUT2D eigenvalue weighted by Crippen LogP contribution is -2.36. The standard InChI is InChI=1S/C47H49Cl2N5O3/c1-57-45-24-34(42(48)22-35(45)29-53(37-12-6-3-7-13-37)28-31-10-4-2-5-11-31)30-54-43-17-9-15-39(41(43)27-51-54)40-16-8-14-38(47(40)49)32-18-19-33(44(55)23-32)25-50-26-36-20-21-46(56)52-36/h2,4-5,8-11,14-19,22-24,27,36-37,50,55H,3,6-7,12-13,20-21,25-26,28-30H2,1H3,(H,52,56). The van der Waals surface area contributed by atoms with Gasteiger partial charge in [0.1, 0.15) is 11.5 Å². The first kappa shape index (κ1) is 39.0. The van der Waals surface area contributed by atoms with Crippen molar-refractivity contribution in [2.45, 2.75) is 83.2 Å². The van der Waals surface area contributed by atoms with Crippen LogP contribution in [0.25, 0.3) is 33.2 Å². The van der Waals surface area contributed by atoms with Crippen molar-refractivity contribution >= 4 is 40.0 Å². The summed E-state index contributed by atoms with van der Waals surface area (Å²) >= 11 is 14.3. The Morgan fingerprint density at radius 2 is 1.65 bits per heavy atom. The van der Waals surface area contributed by atoms with Gasteiger partial charge in [-0.1, -0.05) is 115 Å². The van der Waals surface area contributed by atoms with E-state index in [0.29, 0.717) is 42.1 Å². The van der Waals surface area contributed by atoms with Crippen LogP contribution >= 0.6 is 23.2 Å². The largest absolute Gasteiger partial charge is 0.508 e. The number of rotatable bonds is 14. The van der Waals surface area contributed by atoms with Gasteiger partial charge < -0.3 is 20.5 Å². The smallest absolute Gasteiger partial charge is 0.220 e. The fourth-order valence-electron chi connectivity index (χ4n) is 8.55. The SMILES string of the molecule is COc1cc(Cn2ncc3c(-c4cccc(-c5ccc(CNCC6CCC(=O)N6)c(O)c5)c4Cl)cccc32)c(Cl)cc1CN(Cc1ccccc1)C1CCCCC1. The quantitative estimate of drug-likeness (QED) is 0.102. The second-order valence-corrected chi connectivity index (χ2v) is 16.2. The maximum absolute atomic E-state index is 11.5. The van der Waals surface area contributed by atoms with Gasteiger partial charge in [0.05, 0.1) is 30.4 Å². The van der Waals surface area contributed by atoms with Crippen LogP contribution in [0.3, 0.4) is 0 Å². The van der Waals surface area contributed by atoms with E-state index in [0.717, 1.165) is 75.1 Å². The molecule has 1 aliphatic carbocycles. The third-order valence-electron chi connectivity index (χ3n) is 11.6. The highest BCUT2D eigenvalue weighted by atomic mass is 35.5. The molecule has 5 aromatic carbocycles. The monoisotopic (exact) mass is 801 g/mol. The molecule has 57 heavy (non-hydrogen) atoms. The molecule has 0 bridgehead atoms. The van der Waals surface area contributed by atoms with Gasteiger partial charge in [0.15, 0.2) is 0 Å². The summed E-state index contributed by atoms with van der Waals surface area (Å²) in [5.74, 6) is 1.12. The number of hydrogen-bond acceptors (Lipinski definition) is 6. The first-order valence-corrected chi connectivity index (χ1v) is 20.8. The maximum atomic E-state index is 11.5. The Morgan fingerprint density at radius 3 is 2.42 bits per heavy atom. The number of fused-ring (bicyclic) bond motifs is 1. The van der Waals surface area contributed by atoms with Crippen LogP contribution in [0.5, 0.6) is 11.5 Å². The molecule has 294 valence electrons. The molecule has 1 aromatic heterocycles. The van der Waals surface area contributed by atoms with Crippen LogP contribution in [0.4, 0.5) is 0 Å². The topological polar surface area (TPSA) is 91.6 Å². The number of ether oxygens (including phenoxy) is 1. The highest BCUT2D eigenvalue weighted by Crippen LogP contribution is 2.41. The van der Waals surface area contributed by atoms with E-state index in [-0.39, 0.29) is 17.7 Å². The van der Waals surface area contributed by atoms with Crippen molar-refractivity contribution in [1.82, 2.24) is 25.3 Å². The van der Waals surface area contributed by atoms with Crippen molar-refractivity contribution in [2.75, 3.05) is 13.7 Å². The van der Waals surface area contributed by atoms with Crippen LogP contribution in [0, 0.1) is 0 Å². The predicted octanol–water partition coefficient (Wildman–Crippen LogP) is 10.1. The third kappa shape index (κ3) is 8.85. The summed E-state index contributed by atoms with van der Waals surface area (Å²) in [6.07, 6.45) is 9.56. The molecule has 2 fully saturated rings. The number of phenols is 1. The van der Waals surface area contributed by atoms with E-state index in [2.05, 4.69) is 70.1 Å². The molecule has 2 aliphatic rings. The van der Waals surface area contributed by atoms with Gasteiger partial charge >= 0.3 is 0 Å². The number of carbonyl (C=O) groups excluding carboxylic acids is 1. The Morgan fingerprint density at radius 1 is 0.860 bits per heavy atom. The molecule has 1 aliphatic heterocycles. The van der Waals surface area contributed by atoms with E-state index in [1.165, 1.54) is 37.7 Å². The summed E-state index contributed by atoms with van der Waals surface area (Å²) in [7, 11) is 1.74. The van der Waals surface area contributed by atoms with Gasteiger partial charge in [0.25, 0.3) is 0 Å². The second-order valence-electron chi connectivity index (χ2n) is 15.4. The van der Waals surface area contributed by atoms with Crippen LogP contribution in [0.2, 0.25) is 10.0 Å². The summed E-state index contributed by atoms with van der Waals surface area (Å²) in [5.41, 5.74) is 8.58. The summed E-state index contributed by atoms with van der Waals surface area (Å²) in [6, 6.07) is 33.3. The van der Waals surface area contributed by atoms with E-state index in [4.69, 9.17) is 33.0 Å². The molecule has 8 nitrogen and oxygen atoms in total. The molecular weight excluding hydrogens is 753 g/mol. The summed E-state index contributed by atoms with van der Waals surface area (Å²) < 4.78 is 7.99.